The van der Waals surface area contributed by atoms with E-state index in [9.17, 15) is 8.42 Å². The minimum atomic E-state index is -3.50. The molecule has 114 valence electrons. The van der Waals surface area contributed by atoms with E-state index in [1.807, 2.05) is 37.4 Å². The maximum atomic E-state index is 12.8. The number of hydrogen-bond donors (Lipinski definition) is 0. The van der Waals surface area contributed by atoms with Crippen LogP contribution in [0.25, 0.3) is 0 Å². The second-order valence-corrected chi connectivity index (χ2v) is 7.97. The molecule has 0 unspecified atom stereocenters. The van der Waals surface area contributed by atoms with Crippen LogP contribution in [0, 0.1) is 6.92 Å². The van der Waals surface area contributed by atoms with Crippen molar-refractivity contribution in [2.75, 3.05) is 6.54 Å². The van der Waals surface area contributed by atoms with Gasteiger partial charge in [0.25, 0.3) is 0 Å². The smallest absolute Gasteiger partial charge is 0.207 e. The van der Waals surface area contributed by atoms with Gasteiger partial charge >= 0.3 is 0 Å². The molecule has 0 saturated carbocycles. The molecule has 0 radical (unpaired) electrons. The molecular weight excluding hydrogens is 326 g/mol. The molecule has 0 aliphatic heterocycles. The number of sulfonamides is 1. The summed E-state index contributed by atoms with van der Waals surface area (Å²) in [7, 11) is -3.50. The topological polar surface area (TPSA) is 37.4 Å². The lowest BCUT2D eigenvalue weighted by molar-refractivity contribution is 0.426. The minimum Gasteiger partial charge on any atom is -0.207 e. The van der Waals surface area contributed by atoms with Gasteiger partial charge in [0.15, 0.2) is 0 Å². The van der Waals surface area contributed by atoms with Gasteiger partial charge in [0.1, 0.15) is 0 Å². The fraction of sp³-hybridized carbons (Fsp3) is 0.333. The Kier molecular flexibility index (Phi) is 5.43. The van der Waals surface area contributed by atoms with Crippen LogP contribution in [-0.4, -0.2) is 19.3 Å². The molecule has 0 aliphatic rings. The lowest BCUT2D eigenvalue weighted by Crippen LogP contribution is -2.30. The van der Waals surface area contributed by atoms with E-state index in [2.05, 4.69) is 0 Å². The summed E-state index contributed by atoms with van der Waals surface area (Å²) in [4.78, 5) is 1.34. The second-order valence-electron chi connectivity index (χ2n) is 4.73. The van der Waals surface area contributed by atoms with Gasteiger partial charge < -0.3 is 0 Å². The number of nitrogens with zero attached hydrogens (tertiary/aromatic N) is 1. The SMILES string of the molecule is CCN(Cc1cccs1)S(=O)(=O)c1ccc(C)c(CCl)c1. The molecule has 0 atom stereocenters. The molecular formula is C15H18ClNO2S2. The van der Waals surface area contributed by atoms with Crippen molar-refractivity contribution in [3.8, 4) is 0 Å². The summed E-state index contributed by atoms with van der Waals surface area (Å²) < 4.78 is 27.0. The predicted octanol–water partition coefficient (Wildman–Crippen LogP) is 4.01. The van der Waals surface area contributed by atoms with Crippen LogP contribution in [0.5, 0.6) is 0 Å². The molecule has 0 N–H and O–H groups in total. The van der Waals surface area contributed by atoms with Crippen molar-refractivity contribution in [2.45, 2.75) is 31.2 Å². The number of aryl methyl sites for hydroxylation is 1. The zero-order chi connectivity index (χ0) is 15.5. The molecule has 0 amide bonds. The Morgan fingerprint density at radius 2 is 2.05 bits per heavy atom. The van der Waals surface area contributed by atoms with Crippen molar-refractivity contribution >= 4 is 33.0 Å². The third-order valence-electron chi connectivity index (χ3n) is 3.37. The summed E-state index contributed by atoms with van der Waals surface area (Å²) in [5.41, 5.74) is 1.86. The van der Waals surface area contributed by atoms with Crippen molar-refractivity contribution in [1.82, 2.24) is 4.31 Å². The van der Waals surface area contributed by atoms with Crippen molar-refractivity contribution in [2.24, 2.45) is 0 Å². The molecule has 0 spiro atoms. The highest BCUT2D eigenvalue weighted by Gasteiger charge is 2.24. The first-order chi connectivity index (χ1) is 9.98. The van der Waals surface area contributed by atoms with E-state index in [-0.39, 0.29) is 0 Å². The van der Waals surface area contributed by atoms with Crippen LogP contribution in [0.15, 0.2) is 40.6 Å². The second kappa shape index (κ2) is 6.92. The van der Waals surface area contributed by atoms with Gasteiger partial charge in [-0.05, 0) is 41.6 Å². The molecule has 0 aliphatic carbocycles. The van der Waals surface area contributed by atoms with Gasteiger partial charge in [-0.2, -0.15) is 4.31 Å². The van der Waals surface area contributed by atoms with E-state index < -0.39 is 10.0 Å². The zero-order valence-corrected chi connectivity index (χ0v) is 14.4. The largest absolute Gasteiger partial charge is 0.243 e. The van der Waals surface area contributed by atoms with Gasteiger partial charge in [0, 0.05) is 23.8 Å². The maximum Gasteiger partial charge on any atom is 0.243 e. The lowest BCUT2D eigenvalue weighted by atomic mass is 10.1. The Morgan fingerprint density at radius 3 is 2.62 bits per heavy atom. The van der Waals surface area contributed by atoms with Crippen molar-refractivity contribution in [3.63, 3.8) is 0 Å². The normalized spacial score (nSPS) is 12.0. The average Bonchev–Trinajstić information content (AvgIpc) is 2.97. The fourth-order valence-electron chi connectivity index (χ4n) is 2.04. The Bertz CT molecular complexity index is 696. The number of hydrogen-bond acceptors (Lipinski definition) is 3. The first-order valence-corrected chi connectivity index (χ1v) is 9.52. The molecule has 3 nitrogen and oxygen atoms in total. The highest BCUT2D eigenvalue weighted by Crippen LogP contribution is 2.23. The Morgan fingerprint density at radius 1 is 1.29 bits per heavy atom. The number of halogens is 1. The zero-order valence-electron chi connectivity index (χ0n) is 12.0. The molecule has 2 aromatic rings. The van der Waals surface area contributed by atoms with E-state index in [1.165, 1.54) is 4.31 Å². The quantitative estimate of drug-likeness (QED) is 0.743. The van der Waals surface area contributed by atoms with Crippen molar-refractivity contribution in [1.29, 1.82) is 0 Å². The molecule has 2 rings (SSSR count). The van der Waals surface area contributed by atoms with Crippen LogP contribution in [0.4, 0.5) is 0 Å². The molecule has 0 saturated heterocycles. The first-order valence-electron chi connectivity index (χ1n) is 6.67. The minimum absolute atomic E-state index is 0.308. The molecule has 6 heteroatoms. The number of alkyl halides is 1. The van der Waals surface area contributed by atoms with Gasteiger partial charge in [-0.3, -0.25) is 0 Å². The van der Waals surface area contributed by atoms with Crippen molar-refractivity contribution in [3.05, 3.63) is 51.7 Å². The average molecular weight is 344 g/mol. The Hall–Kier alpha value is -0.880. The van der Waals surface area contributed by atoms with Gasteiger partial charge in [-0.1, -0.05) is 19.1 Å². The van der Waals surface area contributed by atoms with E-state index >= 15 is 0 Å². The molecule has 1 heterocycles. The van der Waals surface area contributed by atoms with Gasteiger partial charge in [-0.25, -0.2) is 8.42 Å². The standard InChI is InChI=1S/C15H18ClNO2S2/c1-3-17(11-14-5-4-8-20-14)21(18,19)15-7-6-12(2)13(9-15)10-16/h4-9H,3,10-11H2,1-2H3. The number of benzene rings is 1. The third kappa shape index (κ3) is 3.66. The molecule has 1 aromatic carbocycles. The van der Waals surface area contributed by atoms with E-state index in [1.54, 1.807) is 23.5 Å². The predicted molar refractivity (Wildman–Crippen MR) is 88.3 cm³/mol. The van der Waals surface area contributed by atoms with Crippen LogP contribution in [0.1, 0.15) is 22.9 Å². The highest BCUT2D eigenvalue weighted by molar-refractivity contribution is 7.89. The van der Waals surface area contributed by atoms with E-state index in [0.717, 1.165) is 16.0 Å². The van der Waals surface area contributed by atoms with Crippen LogP contribution in [-0.2, 0) is 22.4 Å². The Labute approximate surface area is 135 Å². The summed E-state index contributed by atoms with van der Waals surface area (Å²) in [6.45, 7) is 4.62. The number of rotatable bonds is 6. The van der Waals surface area contributed by atoms with Crippen LogP contribution in [0.2, 0.25) is 0 Å². The Balaban J connectivity index is 2.35. The van der Waals surface area contributed by atoms with Crippen LogP contribution in [0.3, 0.4) is 0 Å². The summed E-state index contributed by atoms with van der Waals surface area (Å²) in [5, 5.41) is 1.95. The highest BCUT2D eigenvalue weighted by atomic mass is 35.5. The summed E-state index contributed by atoms with van der Waals surface area (Å²) in [6.07, 6.45) is 0. The monoisotopic (exact) mass is 343 g/mol. The van der Waals surface area contributed by atoms with E-state index in [0.29, 0.717) is 23.9 Å². The van der Waals surface area contributed by atoms with Gasteiger partial charge in [0.05, 0.1) is 4.90 Å². The van der Waals surface area contributed by atoms with E-state index in [4.69, 9.17) is 11.6 Å². The molecule has 0 fully saturated rings. The van der Waals surface area contributed by atoms with Crippen molar-refractivity contribution < 1.29 is 8.42 Å². The van der Waals surface area contributed by atoms with Gasteiger partial charge in [-0.15, -0.1) is 22.9 Å². The van der Waals surface area contributed by atoms with Crippen LogP contribution < -0.4 is 0 Å². The summed E-state index contributed by atoms with van der Waals surface area (Å²) >= 11 is 7.44. The molecule has 1 aromatic heterocycles. The molecule has 0 bridgehead atoms. The van der Waals surface area contributed by atoms with Gasteiger partial charge in [0.2, 0.25) is 10.0 Å². The lowest BCUT2D eigenvalue weighted by Gasteiger charge is -2.20. The number of thiophene rings is 1. The maximum absolute atomic E-state index is 12.8. The summed E-state index contributed by atoms with van der Waals surface area (Å²) in [6, 6.07) is 9.01. The van der Waals surface area contributed by atoms with Crippen LogP contribution >= 0.6 is 22.9 Å². The molecule has 21 heavy (non-hydrogen) atoms. The third-order valence-corrected chi connectivity index (χ3v) is 6.43. The first kappa shape index (κ1) is 16.5. The summed E-state index contributed by atoms with van der Waals surface area (Å²) in [5.74, 6) is 0.312. The fourth-order valence-corrected chi connectivity index (χ4v) is 4.61.